The summed E-state index contributed by atoms with van der Waals surface area (Å²) >= 11 is 1.39. The summed E-state index contributed by atoms with van der Waals surface area (Å²) in [6.45, 7) is 0. The van der Waals surface area contributed by atoms with Gasteiger partial charge in [-0.1, -0.05) is 24.3 Å². The van der Waals surface area contributed by atoms with E-state index >= 15 is 0 Å². The van der Waals surface area contributed by atoms with Crippen LogP contribution in [0.15, 0.2) is 59.5 Å². The van der Waals surface area contributed by atoms with Crippen molar-refractivity contribution in [2.75, 3.05) is 10.6 Å². The first-order valence-electron chi connectivity index (χ1n) is 8.10. The summed E-state index contributed by atoms with van der Waals surface area (Å²) < 4.78 is 0. The highest BCUT2D eigenvalue weighted by Gasteiger charge is 2.11. The van der Waals surface area contributed by atoms with Crippen LogP contribution in [0.4, 0.5) is 11.6 Å². The Balaban J connectivity index is 1.41. The van der Waals surface area contributed by atoms with Crippen LogP contribution in [0.2, 0.25) is 0 Å². The maximum absolute atomic E-state index is 12.0. The molecule has 7 nitrogen and oxygen atoms in total. The lowest BCUT2D eigenvalue weighted by Gasteiger charge is -2.13. The van der Waals surface area contributed by atoms with Gasteiger partial charge in [-0.05, 0) is 30.7 Å². The average molecular weight is 364 g/mol. The van der Waals surface area contributed by atoms with Crippen LogP contribution in [0, 0.1) is 0 Å². The summed E-state index contributed by atoms with van der Waals surface area (Å²) in [4.78, 5) is 19.2. The Bertz CT molecular complexity index is 942. The molecule has 0 aliphatic heterocycles. The summed E-state index contributed by atoms with van der Waals surface area (Å²) in [7, 11) is 0. The number of rotatable bonds is 5. The number of hydrogen-bond acceptors (Lipinski definition) is 6. The molecule has 0 bridgehead atoms. The van der Waals surface area contributed by atoms with Crippen molar-refractivity contribution in [3.63, 3.8) is 0 Å². The van der Waals surface area contributed by atoms with Crippen molar-refractivity contribution in [1.82, 2.24) is 20.2 Å². The van der Waals surface area contributed by atoms with E-state index in [1.165, 1.54) is 11.3 Å². The number of nitrogens with zero attached hydrogens (tertiary/aromatic N) is 3. The number of amides is 1. The molecule has 8 heteroatoms. The Labute approximate surface area is 153 Å². The topological polar surface area (TPSA) is 95.6 Å². The zero-order chi connectivity index (χ0) is 17.8. The predicted octanol–water partition coefficient (Wildman–Crippen LogP) is 3.48. The normalized spacial score (nSPS) is 15.8. The molecule has 1 aromatic carbocycles. The predicted molar refractivity (Wildman–Crippen MR) is 102 cm³/mol. The fraction of sp³-hybridized carbons (Fsp3) is 0.111. The lowest BCUT2D eigenvalue weighted by Crippen LogP contribution is -2.17. The quantitative estimate of drug-likeness (QED) is 0.644. The van der Waals surface area contributed by atoms with Gasteiger partial charge < -0.3 is 15.6 Å². The van der Waals surface area contributed by atoms with E-state index in [0.29, 0.717) is 23.2 Å². The van der Waals surface area contributed by atoms with Gasteiger partial charge in [-0.15, -0.1) is 21.5 Å². The molecule has 0 spiro atoms. The van der Waals surface area contributed by atoms with E-state index in [1.807, 2.05) is 36.4 Å². The van der Waals surface area contributed by atoms with Crippen LogP contribution >= 0.6 is 11.3 Å². The van der Waals surface area contributed by atoms with Gasteiger partial charge in [0.25, 0.3) is 5.91 Å². The third-order valence-electron chi connectivity index (χ3n) is 3.87. The number of nitrogens with one attached hydrogen (secondary N) is 3. The third kappa shape index (κ3) is 3.70. The van der Waals surface area contributed by atoms with Gasteiger partial charge in [-0.2, -0.15) is 0 Å². The molecule has 26 heavy (non-hydrogen) atoms. The highest BCUT2D eigenvalue weighted by atomic mass is 32.1. The molecule has 0 saturated carbocycles. The minimum Gasteiger partial charge on any atom is -0.348 e. The third-order valence-corrected chi connectivity index (χ3v) is 4.46. The number of aromatic amines is 1. The van der Waals surface area contributed by atoms with E-state index in [2.05, 4.69) is 43.0 Å². The molecule has 130 valence electrons. The standard InChI is InChI=1S/C18H16N6OS/c25-17(15-10-26-11-19-15)20-14-8-6-12(7-9-14)16-22-18(24-23-16)21-13-4-2-1-3-5-13/h1-4,6-11,13H,5H2,(H,20,25)(H2,21,22,23,24). The van der Waals surface area contributed by atoms with Crippen LogP contribution in [-0.4, -0.2) is 32.1 Å². The number of carbonyl (C=O) groups is 1. The summed E-state index contributed by atoms with van der Waals surface area (Å²) in [6.07, 6.45) is 9.14. The van der Waals surface area contributed by atoms with E-state index < -0.39 is 0 Å². The lowest BCUT2D eigenvalue weighted by atomic mass is 10.1. The smallest absolute Gasteiger partial charge is 0.275 e. The fourth-order valence-electron chi connectivity index (χ4n) is 2.55. The van der Waals surface area contributed by atoms with Gasteiger partial charge in [0.2, 0.25) is 5.95 Å². The molecule has 1 aliphatic rings. The summed E-state index contributed by atoms with van der Waals surface area (Å²) in [5.41, 5.74) is 3.63. The molecule has 3 N–H and O–H groups in total. The van der Waals surface area contributed by atoms with Crippen LogP contribution in [0.1, 0.15) is 16.9 Å². The lowest BCUT2D eigenvalue weighted by molar-refractivity contribution is 0.102. The van der Waals surface area contributed by atoms with Crippen LogP contribution in [0.3, 0.4) is 0 Å². The van der Waals surface area contributed by atoms with Gasteiger partial charge in [0.05, 0.1) is 11.6 Å². The zero-order valence-corrected chi connectivity index (χ0v) is 14.5. The first-order chi connectivity index (χ1) is 12.8. The molecule has 0 radical (unpaired) electrons. The molecule has 2 aromatic heterocycles. The number of hydrogen-bond donors (Lipinski definition) is 3. The molecule has 0 fully saturated rings. The monoisotopic (exact) mass is 364 g/mol. The second-order valence-corrected chi connectivity index (χ2v) is 6.45. The Morgan fingerprint density at radius 1 is 1.19 bits per heavy atom. The largest absolute Gasteiger partial charge is 0.348 e. The number of anilines is 2. The van der Waals surface area contributed by atoms with Crippen molar-refractivity contribution in [3.8, 4) is 11.4 Å². The molecule has 4 rings (SSSR count). The molecule has 1 aliphatic carbocycles. The summed E-state index contributed by atoms with van der Waals surface area (Å²) in [5, 5.41) is 16.1. The number of thiazole rings is 1. The Hall–Kier alpha value is -3.26. The number of benzene rings is 1. The highest BCUT2D eigenvalue weighted by molar-refractivity contribution is 7.07. The first kappa shape index (κ1) is 16.2. The van der Waals surface area contributed by atoms with E-state index in [9.17, 15) is 4.79 Å². The number of allylic oxidation sites excluding steroid dienone is 2. The van der Waals surface area contributed by atoms with E-state index in [4.69, 9.17) is 0 Å². The molecule has 1 atom stereocenters. The minimum absolute atomic E-state index is 0.212. The zero-order valence-electron chi connectivity index (χ0n) is 13.7. The summed E-state index contributed by atoms with van der Waals surface area (Å²) in [6, 6.07) is 7.62. The summed E-state index contributed by atoms with van der Waals surface area (Å²) in [5.74, 6) is 1.07. The van der Waals surface area contributed by atoms with Gasteiger partial charge in [0.15, 0.2) is 5.82 Å². The van der Waals surface area contributed by atoms with Gasteiger partial charge in [0, 0.05) is 16.6 Å². The first-order valence-corrected chi connectivity index (χ1v) is 9.05. The van der Waals surface area contributed by atoms with Gasteiger partial charge >= 0.3 is 0 Å². The van der Waals surface area contributed by atoms with Crippen molar-refractivity contribution in [3.05, 3.63) is 65.2 Å². The fourth-order valence-corrected chi connectivity index (χ4v) is 3.08. The van der Waals surface area contributed by atoms with Crippen molar-refractivity contribution < 1.29 is 4.79 Å². The Kier molecular flexibility index (Phi) is 4.57. The molecular weight excluding hydrogens is 348 g/mol. The Morgan fingerprint density at radius 3 is 2.81 bits per heavy atom. The highest BCUT2D eigenvalue weighted by Crippen LogP contribution is 2.20. The van der Waals surface area contributed by atoms with Gasteiger partial charge in [-0.25, -0.2) is 4.98 Å². The minimum atomic E-state index is -0.222. The van der Waals surface area contributed by atoms with Crippen LogP contribution in [-0.2, 0) is 0 Å². The van der Waals surface area contributed by atoms with Crippen molar-refractivity contribution >= 4 is 28.9 Å². The number of aromatic nitrogens is 4. The van der Waals surface area contributed by atoms with Crippen molar-refractivity contribution in [2.45, 2.75) is 12.5 Å². The van der Waals surface area contributed by atoms with Gasteiger partial charge in [0.1, 0.15) is 5.69 Å². The molecule has 1 unspecified atom stereocenters. The van der Waals surface area contributed by atoms with Crippen LogP contribution < -0.4 is 10.6 Å². The number of carbonyl (C=O) groups excluding carboxylic acids is 1. The second-order valence-electron chi connectivity index (χ2n) is 5.73. The Morgan fingerprint density at radius 2 is 2.08 bits per heavy atom. The number of H-pyrrole nitrogens is 1. The van der Waals surface area contributed by atoms with Crippen molar-refractivity contribution in [1.29, 1.82) is 0 Å². The SMILES string of the molecule is O=C(Nc1ccc(-c2nnc(NC3C=CC=CC3)[nH]2)cc1)c1cscn1. The molecule has 2 heterocycles. The average Bonchev–Trinajstić information content (AvgIpc) is 3.35. The molecule has 3 aromatic rings. The van der Waals surface area contributed by atoms with E-state index in [0.717, 1.165) is 12.0 Å². The van der Waals surface area contributed by atoms with Crippen LogP contribution in [0.25, 0.3) is 11.4 Å². The van der Waals surface area contributed by atoms with E-state index in [-0.39, 0.29) is 11.9 Å². The molecule has 0 saturated heterocycles. The molecular formula is C18H16N6OS. The maximum Gasteiger partial charge on any atom is 0.275 e. The van der Waals surface area contributed by atoms with Gasteiger partial charge in [-0.3, -0.25) is 4.79 Å². The maximum atomic E-state index is 12.0. The van der Waals surface area contributed by atoms with Crippen LogP contribution in [0.5, 0.6) is 0 Å². The molecule has 1 amide bonds. The van der Waals surface area contributed by atoms with E-state index in [1.54, 1.807) is 10.9 Å². The van der Waals surface area contributed by atoms with Crippen molar-refractivity contribution in [2.24, 2.45) is 0 Å². The second kappa shape index (κ2) is 7.32.